The summed E-state index contributed by atoms with van der Waals surface area (Å²) in [5.41, 5.74) is 0.599. The van der Waals surface area contributed by atoms with Gasteiger partial charge in [-0.05, 0) is 103 Å². The second-order valence-electron chi connectivity index (χ2n) is 20.5. The molecule has 1 heterocycles. The highest BCUT2D eigenvalue weighted by atomic mass is 31.0. The molecule has 0 aromatic carbocycles. The summed E-state index contributed by atoms with van der Waals surface area (Å²) in [6.45, 7) is 20.9. The molecule has 5 aliphatic carbocycles. The van der Waals surface area contributed by atoms with Gasteiger partial charge in [-0.1, -0.05) is 69.4 Å². The van der Waals surface area contributed by atoms with Crippen LogP contribution in [-0.2, 0) is 42.9 Å². The fourth-order valence-corrected chi connectivity index (χ4v) is 14.0. The summed E-state index contributed by atoms with van der Waals surface area (Å²) >= 11 is 0. The first-order chi connectivity index (χ1) is 26.3. The predicted octanol–water partition coefficient (Wildman–Crippen LogP) is 6.48. The van der Waals surface area contributed by atoms with Crippen molar-refractivity contribution < 1.29 is 53.1 Å². The monoisotopic (exact) mass is 817 g/mol. The molecule has 320 valence electrons. The van der Waals surface area contributed by atoms with Gasteiger partial charge in [-0.2, -0.15) is 0 Å². The molecule has 5 fully saturated rings. The molecule has 6 rings (SSSR count). The van der Waals surface area contributed by atoms with Gasteiger partial charge < -0.3 is 33.9 Å². The van der Waals surface area contributed by atoms with Crippen LogP contribution in [0.3, 0.4) is 0 Å². The maximum absolute atomic E-state index is 12.9. The van der Waals surface area contributed by atoms with E-state index >= 15 is 0 Å². The fourth-order valence-electron chi connectivity index (χ4n) is 13.4. The van der Waals surface area contributed by atoms with E-state index in [0.717, 1.165) is 44.9 Å². The number of rotatable bonds is 7. The minimum absolute atomic E-state index is 0.0166. The summed E-state index contributed by atoms with van der Waals surface area (Å²) in [7, 11) is 2.81. The number of aliphatic imine (C=N–C) groups is 1. The Balaban J connectivity index is 1.45. The fraction of sp³-hybridized carbons (Fsp3) is 0.841. The topological polar surface area (TPSA) is 167 Å². The number of aliphatic hydroxyl groups excluding tert-OH is 2. The van der Waals surface area contributed by atoms with E-state index in [0.29, 0.717) is 30.1 Å². The van der Waals surface area contributed by atoms with E-state index in [1.54, 1.807) is 0 Å². The van der Waals surface area contributed by atoms with Gasteiger partial charge in [0.25, 0.3) is 0 Å². The van der Waals surface area contributed by atoms with Crippen LogP contribution in [0.5, 0.6) is 0 Å². The van der Waals surface area contributed by atoms with E-state index in [-0.39, 0.29) is 45.7 Å². The number of allylic oxidation sites excluding steroid dienone is 2. The zero-order chi connectivity index (χ0) is 42.3. The predicted molar refractivity (Wildman–Crippen MR) is 216 cm³/mol. The molecule has 1 saturated heterocycles. The number of nitrogens with zero attached hydrogens (tertiary/aromatic N) is 1. The lowest BCUT2D eigenvalue weighted by Crippen LogP contribution is -2.67. The third-order valence-corrected chi connectivity index (χ3v) is 17.1. The molecule has 0 amide bonds. The normalized spacial score (nSPS) is 44.7. The lowest BCUT2D eigenvalue weighted by atomic mass is 9.33. The molecular formula is C44H68NO11P. The van der Waals surface area contributed by atoms with Gasteiger partial charge in [0.1, 0.15) is 12.7 Å². The van der Waals surface area contributed by atoms with Crippen molar-refractivity contribution in [3.8, 4) is 0 Å². The molecule has 0 aromatic rings. The van der Waals surface area contributed by atoms with Gasteiger partial charge in [-0.15, -0.1) is 0 Å². The molecule has 0 radical (unpaired) electrons. The van der Waals surface area contributed by atoms with Crippen molar-refractivity contribution in [2.75, 3.05) is 6.61 Å². The van der Waals surface area contributed by atoms with Gasteiger partial charge in [-0.3, -0.25) is 24.2 Å². The summed E-state index contributed by atoms with van der Waals surface area (Å²) in [6, 6.07) is 0. The quantitative estimate of drug-likeness (QED) is 0.0950. The zero-order valence-electron chi connectivity index (χ0n) is 36.0. The van der Waals surface area contributed by atoms with Crippen molar-refractivity contribution in [1.29, 1.82) is 0 Å². The minimum atomic E-state index is -1.34. The van der Waals surface area contributed by atoms with Gasteiger partial charge in [0.15, 0.2) is 24.5 Å². The highest BCUT2D eigenvalue weighted by Crippen LogP contribution is 2.76. The maximum atomic E-state index is 12.9. The summed E-state index contributed by atoms with van der Waals surface area (Å²) in [6.07, 6.45) is 2.71. The number of hydrogen-bond donors (Lipinski definition) is 2. The highest BCUT2D eigenvalue weighted by molar-refractivity contribution is 7.41. The summed E-state index contributed by atoms with van der Waals surface area (Å²) in [5, 5.41) is 24.1. The van der Waals surface area contributed by atoms with Gasteiger partial charge >= 0.3 is 23.9 Å². The van der Waals surface area contributed by atoms with E-state index in [2.05, 4.69) is 63.8 Å². The summed E-state index contributed by atoms with van der Waals surface area (Å²) < 4.78 is 28.9. The first-order valence-corrected chi connectivity index (χ1v) is 21.6. The van der Waals surface area contributed by atoms with Crippen molar-refractivity contribution in [3.63, 3.8) is 0 Å². The van der Waals surface area contributed by atoms with Crippen LogP contribution < -0.4 is 0 Å². The number of esters is 4. The largest absolute Gasteiger partial charge is 0.463 e. The second-order valence-corrected chi connectivity index (χ2v) is 21.0. The minimum Gasteiger partial charge on any atom is -0.463 e. The molecule has 0 aromatic heterocycles. The molecule has 0 spiro atoms. The van der Waals surface area contributed by atoms with E-state index < -0.39 is 66.0 Å². The first kappa shape index (κ1) is 44.2. The van der Waals surface area contributed by atoms with E-state index in [1.807, 2.05) is 0 Å². The number of carbonyl (C=O) groups is 4. The molecule has 4 saturated carbocycles. The average Bonchev–Trinajstić information content (AvgIpc) is 3.08. The summed E-state index contributed by atoms with van der Waals surface area (Å²) in [5.74, 6) is -1.97. The second kappa shape index (κ2) is 15.3. The Hall–Kier alpha value is -2.40. The molecule has 15 atom stereocenters. The Morgan fingerprint density at radius 2 is 1.39 bits per heavy atom. The van der Waals surface area contributed by atoms with E-state index in [1.165, 1.54) is 33.3 Å². The number of fused-ring (bicyclic) bond motifs is 7. The first-order valence-electron chi connectivity index (χ1n) is 21.0. The van der Waals surface area contributed by atoms with Crippen LogP contribution >= 0.6 is 9.24 Å². The third-order valence-electron chi connectivity index (χ3n) is 16.4. The molecule has 1 aliphatic heterocycles. The van der Waals surface area contributed by atoms with Crippen LogP contribution in [0.25, 0.3) is 0 Å². The van der Waals surface area contributed by atoms with E-state index in [9.17, 15) is 29.4 Å². The van der Waals surface area contributed by atoms with Gasteiger partial charge in [-0.25, -0.2) is 0 Å². The molecule has 13 heteroatoms. The van der Waals surface area contributed by atoms with Crippen LogP contribution in [0.1, 0.15) is 134 Å². The van der Waals surface area contributed by atoms with Gasteiger partial charge in [0.2, 0.25) is 0 Å². The number of ether oxygens (including phenoxy) is 5. The Morgan fingerprint density at radius 3 is 2.00 bits per heavy atom. The van der Waals surface area contributed by atoms with Crippen LogP contribution in [0.4, 0.5) is 0 Å². The highest BCUT2D eigenvalue weighted by Gasteiger charge is 2.70. The molecule has 0 bridgehead atoms. The zero-order valence-corrected chi connectivity index (χ0v) is 37.2. The van der Waals surface area contributed by atoms with Crippen molar-refractivity contribution >= 4 is 38.6 Å². The van der Waals surface area contributed by atoms with Crippen LogP contribution in [-0.4, -0.2) is 89.0 Å². The average molecular weight is 818 g/mol. The van der Waals surface area contributed by atoms with Crippen molar-refractivity contribution in [1.82, 2.24) is 0 Å². The van der Waals surface area contributed by atoms with E-state index in [4.69, 9.17) is 28.7 Å². The molecule has 12 nitrogen and oxygen atoms in total. The van der Waals surface area contributed by atoms with Crippen molar-refractivity contribution in [2.45, 2.75) is 177 Å². The van der Waals surface area contributed by atoms with Crippen molar-refractivity contribution in [3.05, 3.63) is 11.6 Å². The molecule has 57 heavy (non-hydrogen) atoms. The third kappa shape index (κ3) is 7.32. The van der Waals surface area contributed by atoms with Gasteiger partial charge in [0, 0.05) is 38.6 Å². The van der Waals surface area contributed by atoms with Crippen LogP contribution in [0.2, 0.25) is 0 Å². The SMILES string of the molecule is CC(=O)OCC1O[C@H](N=C(P)[C@]23CCC(C)(C)CC2C2=CCC4[C@@]5(C)CC[C@H](O)C(C)(C)C5CC[C@@]4(C)[C@]2(C)C[C@H]3O)C(OC(C)=O)[C@H](OC(C)=O)[C@@H]1OC(C)=O. The number of aliphatic hydroxyl groups is 2. The molecule has 6 aliphatic rings. The Bertz CT molecular complexity index is 1690. The maximum Gasteiger partial charge on any atom is 0.303 e. The molecule has 6 unspecified atom stereocenters. The molecule has 2 N–H and O–H groups in total. The molecular weight excluding hydrogens is 749 g/mol. The lowest BCUT2D eigenvalue weighted by molar-refractivity contribution is -0.251. The van der Waals surface area contributed by atoms with Crippen LogP contribution in [0.15, 0.2) is 16.6 Å². The lowest BCUT2D eigenvalue weighted by Gasteiger charge is -2.72. The summed E-state index contributed by atoms with van der Waals surface area (Å²) in [4.78, 5) is 54.6. The van der Waals surface area contributed by atoms with Crippen molar-refractivity contribution in [2.24, 2.45) is 55.2 Å². The Labute approximate surface area is 341 Å². The smallest absolute Gasteiger partial charge is 0.303 e. The Kier molecular flexibility index (Phi) is 11.8. The number of hydrogen-bond acceptors (Lipinski definition) is 12. The number of carbonyl (C=O) groups excluding carboxylic acids is 4. The van der Waals surface area contributed by atoms with Gasteiger partial charge in [0.05, 0.1) is 12.2 Å². The van der Waals surface area contributed by atoms with Crippen LogP contribution in [0, 0.1) is 50.2 Å². The standard InChI is InChI=1S/C44H68NO11P/c1-23(46)52-22-29-34(53-24(2)47)35(54-25(3)48)36(55-26(4)49)37(56-29)45-38(57)44-19-18-39(5,6)20-28(44)27-12-13-31-41(9)16-15-32(50)40(7,8)30(41)14-17-42(31,10)43(27,11)21-33(44)51/h12,28-37,50-51H,13-22,57H2,1-11H3/t28?,29?,30?,31?,32-,33+,34+,35+,36?,37-,41-,42+,43+,44+/m0/s1. The Morgan fingerprint density at radius 1 is 0.772 bits per heavy atom.